The quantitative estimate of drug-likeness (QED) is 0.302. The molecule has 3 heteroatoms. The Hall–Kier alpha value is -2.55. The first-order valence-corrected chi connectivity index (χ1v) is 13.3. The largest absolute Gasteiger partial charge is 0.417 e. The molecule has 0 saturated heterocycles. The lowest BCUT2D eigenvalue weighted by Crippen LogP contribution is -2.26. The maximum atomic E-state index is 14.3. The average Bonchev–Trinajstić information content (AvgIpc) is 2.88. The van der Waals surface area contributed by atoms with Gasteiger partial charge in [-0.15, -0.1) is 0 Å². The van der Waals surface area contributed by atoms with Crippen molar-refractivity contribution in [3.05, 3.63) is 83.9 Å². The van der Waals surface area contributed by atoms with Gasteiger partial charge in [0.15, 0.2) is 0 Å². The number of unbranched alkanes of at least 4 members (excludes halogenated alkanes) is 1. The fraction of sp³-hybridized carbons (Fsp3) is 0.438. The summed E-state index contributed by atoms with van der Waals surface area (Å²) in [6, 6.07) is 22.5. The van der Waals surface area contributed by atoms with Crippen molar-refractivity contribution >= 4 is 0 Å². The second kappa shape index (κ2) is 11.5. The Morgan fingerprint density at radius 2 is 1.46 bits per heavy atom. The lowest BCUT2D eigenvalue weighted by atomic mass is 9.67. The summed E-state index contributed by atoms with van der Waals surface area (Å²) in [5, 5.41) is 0. The van der Waals surface area contributed by atoms with Gasteiger partial charge in [-0.3, -0.25) is 0 Å². The summed E-state index contributed by atoms with van der Waals surface area (Å²) in [6.07, 6.45) is 4.89. The Balaban J connectivity index is 1.67. The molecule has 4 rings (SSSR count). The van der Waals surface area contributed by atoms with Gasteiger partial charge in [0.1, 0.15) is 0 Å². The molecule has 1 aliphatic rings. The fourth-order valence-corrected chi connectivity index (χ4v) is 6.13. The lowest BCUT2D eigenvalue weighted by molar-refractivity contribution is -0.137. The maximum absolute atomic E-state index is 14.3. The third-order valence-corrected chi connectivity index (χ3v) is 7.93. The van der Waals surface area contributed by atoms with Crippen LogP contribution in [0.5, 0.6) is 0 Å². The molecule has 0 aromatic heterocycles. The van der Waals surface area contributed by atoms with Gasteiger partial charge < -0.3 is 0 Å². The average molecular weight is 479 g/mol. The molecule has 186 valence electrons. The zero-order valence-electron chi connectivity index (χ0n) is 21.0. The molecular formula is C32H37F3. The van der Waals surface area contributed by atoms with Gasteiger partial charge >= 0.3 is 6.18 Å². The van der Waals surface area contributed by atoms with Crippen LogP contribution in [0.25, 0.3) is 22.3 Å². The molecular weight excluding hydrogens is 441 g/mol. The lowest BCUT2D eigenvalue weighted by Gasteiger charge is -2.38. The first kappa shape index (κ1) is 25.5. The van der Waals surface area contributed by atoms with E-state index in [2.05, 4.69) is 13.8 Å². The number of hydrogen-bond donors (Lipinski definition) is 0. The first-order chi connectivity index (χ1) is 16.9. The van der Waals surface area contributed by atoms with Crippen LogP contribution in [0.2, 0.25) is 0 Å². The van der Waals surface area contributed by atoms with Gasteiger partial charge in [0, 0.05) is 0 Å². The van der Waals surface area contributed by atoms with Gasteiger partial charge in [0.25, 0.3) is 0 Å². The summed E-state index contributed by atoms with van der Waals surface area (Å²) >= 11 is 0. The second-order valence-corrected chi connectivity index (χ2v) is 10.1. The van der Waals surface area contributed by atoms with Crippen molar-refractivity contribution in [3.8, 4) is 22.3 Å². The third kappa shape index (κ3) is 6.00. The van der Waals surface area contributed by atoms with E-state index >= 15 is 0 Å². The minimum Gasteiger partial charge on any atom is -0.166 e. The summed E-state index contributed by atoms with van der Waals surface area (Å²) in [5.74, 6) is 1.30. The minimum atomic E-state index is -4.39. The van der Waals surface area contributed by atoms with Crippen LogP contribution < -0.4 is 0 Å². The van der Waals surface area contributed by atoms with Gasteiger partial charge in [0.05, 0.1) is 5.56 Å². The third-order valence-electron chi connectivity index (χ3n) is 7.93. The highest BCUT2D eigenvalue weighted by Crippen LogP contribution is 2.46. The van der Waals surface area contributed by atoms with Gasteiger partial charge in [-0.1, -0.05) is 119 Å². The van der Waals surface area contributed by atoms with E-state index in [1.807, 2.05) is 60.7 Å². The number of halogens is 3. The van der Waals surface area contributed by atoms with E-state index in [-0.39, 0.29) is 11.5 Å². The van der Waals surface area contributed by atoms with E-state index in [1.165, 1.54) is 44.6 Å². The van der Waals surface area contributed by atoms with Crippen LogP contribution in [-0.4, -0.2) is 0 Å². The number of benzene rings is 3. The van der Waals surface area contributed by atoms with Crippen LogP contribution >= 0.6 is 0 Å². The number of alkyl halides is 3. The highest BCUT2D eigenvalue weighted by Gasteiger charge is 2.36. The summed E-state index contributed by atoms with van der Waals surface area (Å²) in [7, 11) is 0. The molecule has 1 aliphatic carbocycles. The normalized spacial score (nSPS) is 19.5. The number of hydrogen-bond acceptors (Lipinski definition) is 0. The van der Waals surface area contributed by atoms with E-state index in [0.29, 0.717) is 17.4 Å². The SMILES string of the molecule is CCCCC1CCCCC1C(CC)c1ccc(-c2ccc(-c3ccccc3)cc2)c(C(F)(F)F)c1. The van der Waals surface area contributed by atoms with E-state index in [4.69, 9.17) is 0 Å². The molecule has 0 spiro atoms. The standard InChI is InChI=1S/C32H37F3/c1-3-5-11-25-14-9-10-15-29(25)28(4-2)27-20-21-30(31(22-27)32(33,34)35)26-18-16-24(17-19-26)23-12-7-6-8-13-23/h6-8,12-13,16-22,25,28-29H,3-5,9-11,14-15H2,1-2H3. The van der Waals surface area contributed by atoms with Gasteiger partial charge in [-0.2, -0.15) is 13.2 Å². The summed E-state index contributed by atoms with van der Waals surface area (Å²) in [4.78, 5) is 0. The van der Waals surface area contributed by atoms with Crippen LogP contribution in [0.4, 0.5) is 13.2 Å². The summed E-state index contributed by atoms with van der Waals surface area (Å²) < 4.78 is 42.9. The fourth-order valence-electron chi connectivity index (χ4n) is 6.13. The minimum absolute atomic E-state index is 0.188. The second-order valence-electron chi connectivity index (χ2n) is 10.1. The zero-order valence-corrected chi connectivity index (χ0v) is 21.0. The van der Waals surface area contributed by atoms with Crippen molar-refractivity contribution in [3.63, 3.8) is 0 Å². The van der Waals surface area contributed by atoms with Gasteiger partial charge in [-0.25, -0.2) is 0 Å². The topological polar surface area (TPSA) is 0 Å². The molecule has 0 N–H and O–H groups in total. The van der Waals surface area contributed by atoms with E-state index in [9.17, 15) is 13.2 Å². The summed E-state index contributed by atoms with van der Waals surface area (Å²) in [5.41, 5.74) is 3.28. The van der Waals surface area contributed by atoms with Crippen molar-refractivity contribution in [2.75, 3.05) is 0 Å². The van der Waals surface area contributed by atoms with Crippen molar-refractivity contribution in [2.45, 2.75) is 77.3 Å². The molecule has 0 aliphatic heterocycles. The molecule has 0 amide bonds. The smallest absolute Gasteiger partial charge is 0.166 e. The van der Waals surface area contributed by atoms with Crippen LogP contribution in [0.1, 0.15) is 82.3 Å². The molecule has 0 radical (unpaired) electrons. The van der Waals surface area contributed by atoms with Crippen LogP contribution in [-0.2, 0) is 6.18 Å². The van der Waals surface area contributed by atoms with E-state index < -0.39 is 11.7 Å². The molecule has 3 atom stereocenters. The Morgan fingerprint density at radius 3 is 2.11 bits per heavy atom. The van der Waals surface area contributed by atoms with Crippen molar-refractivity contribution in [2.24, 2.45) is 11.8 Å². The van der Waals surface area contributed by atoms with Crippen LogP contribution in [0.3, 0.4) is 0 Å². The Labute approximate surface area is 208 Å². The first-order valence-electron chi connectivity index (χ1n) is 13.3. The maximum Gasteiger partial charge on any atom is 0.417 e. The van der Waals surface area contributed by atoms with Gasteiger partial charge in [0.2, 0.25) is 0 Å². The molecule has 1 saturated carbocycles. The molecule has 1 fully saturated rings. The Bertz CT molecular complexity index is 1070. The monoisotopic (exact) mass is 478 g/mol. The molecule has 0 bridgehead atoms. The van der Waals surface area contributed by atoms with E-state index in [0.717, 1.165) is 29.5 Å². The summed E-state index contributed by atoms with van der Waals surface area (Å²) in [6.45, 7) is 4.36. The highest BCUT2D eigenvalue weighted by molar-refractivity contribution is 5.73. The van der Waals surface area contributed by atoms with Crippen molar-refractivity contribution < 1.29 is 13.2 Å². The van der Waals surface area contributed by atoms with Crippen molar-refractivity contribution in [1.82, 2.24) is 0 Å². The molecule has 3 aromatic rings. The number of rotatable bonds is 8. The Kier molecular flexibility index (Phi) is 8.36. The Morgan fingerprint density at radius 1 is 0.800 bits per heavy atom. The van der Waals surface area contributed by atoms with Gasteiger partial charge in [-0.05, 0) is 64.5 Å². The van der Waals surface area contributed by atoms with E-state index in [1.54, 1.807) is 6.07 Å². The predicted octanol–water partition coefficient (Wildman–Crippen LogP) is 10.5. The molecule has 3 aromatic carbocycles. The zero-order chi connectivity index (χ0) is 24.8. The van der Waals surface area contributed by atoms with Crippen LogP contribution in [0, 0.1) is 11.8 Å². The van der Waals surface area contributed by atoms with Crippen LogP contribution in [0.15, 0.2) is 72.8 Å². The molecule has 35 heavy (non-hydrogen) atoms. The molecule has 3 unspecified atom stereocenters. The molecule has 0 nitrogen and oxygen atoms in total. The molecule has 0 heterocycles. The highest BCUT2D eigenvalue weighted by atomic mass is 19.4. The predicted molar refractivity (Wildman–Crippen MR) is 140 cm³/mol. The van der Waals surface area contributed by atoms with Crippen molar-refractivity contribution in [1.29, 1.82) is 0 Å².